The van der Waals surface area contributed by atoms with Crippen LogP contribution in [0.2, 0.25) is 0 Å². The van der Waals surface area contributed by atoms with Gasteiger partial charge in [0.15, 0.2) is 5.58 Å². The molecular formula is C45H31N3OS2. The van der Waals surface area contributed by atoms with Gasteiger partial charge in [-0.1, -0.05) is 97.1 Å². The van der Waals surface area contributed by atoms with Crippen molar-refractivity contribution in [1.29, 1.82) is 0 Å². The topological polar surface area (TPSA) is 49.2 Å². The maximum Gasteiger partial charge on any atom is 0.185 e. The van der Waals surface area contributed by atoms with Crippen molar-refractivity contribution < 1.29 is 4.42 Å². The van der Waals surface area contributed by atoms with Gasteiger partial charge in [0.05, 0.1) is 18.5 Å². The zero-order valence-electron chi connectivity index (χ0n) is 27.4. The van der Waals surface area contributed by atoms with Gasteiger partial charge < -0.3 is 4.42 Å². The molecule has 3 aromatic heterocycles. The van der Waals surface area contributed by atoms with Crippen LogP contribution in [0.5, 0.6) is 0 Å². The molecule has 1 saturated heterocycles. The molecule has 4 heterocycles. The third-order valence-corrected chi connectivity index (χ3v) is 13.0. The molecule has 4 atom stereocenters. The van der Waals surface area contributed by atoms with Crippen molar-refractivity contribution >= 4 is 85.0 Å². The molecule has 1 aliphatic carbocycles. The van der Waals surface area contributed by atoms with Gasteiger partial charge in [-0.25, -0.2) is 0 Å². The van der Waals surface area contributed by atoms with Crippen LogP contribution in [0.3, 0.4) is 0 Å². The lowest BCUT2D eigenvalue weighted by atomic mass is 9.94. The fourth-order valence-corrected chi connectivity index (χ4v) is 10.5. The Morgan fingerprint density at radius 2 is 1.55 bits per heavy atom. The van der Waals surface area contributed by atoms with Crippen molar-refractivity contribution in [2.75, 3.05) is 0 Å². The lowest BCUT2D eigenvalue weighted by Crippen LogP contribution is -2.61. The molecule has 9 aromatic rings. The van der Waals surface area contributed by atoms with Gasteiger partial charge in [-0.15, -0.1) is 22.7 Å². The van der Waals surface area contributed by atoms with E-state index < -0.39 is 0 Å². The third kappa shape index (κ3) is 4.78. The highest BCUT2D eigenvalue weighted by atomic mass is 32.1. The van der Waals surface area contributed by atoms with Gasteiger partial charge in [-0.3, -0.25) is 16.0 Å². The van der Waals surface area contributed by atoms with Gasteiger partial charge in [-0.2, -0.15) is 0 Å². The average molecular weight is 694 g/mol. The lowest BCUT2D eigenvalue weighted by Gasteiger charge is -2.42. The summed E-state index contributed by atoms with van der Waals surface area (Å²) < 4.78 is 11.5. The minimum absolute atomic E-state index is 0.0600. The van der Waals surface area contributed by atoms with Gasteiger partial charge in [-0.05, 0) is 77.2 Å². The number of fused-ring (bicyclic) bond motifs is 9. The van der Waals surface area contributed by atoms with Gasteiger partial charge in [0.1, 0.15) is 5.58 Å². The Balaban J connectivity index is 0.991. The van der Waals surface area contributed by atoms with E-state index in [2.05, 4.69) is 149 Å². The quantitative estimate of drug-likeness (QED) is 0.172. The first-order valence-corrected chi connectivity index (χ1v) is 19.1. The molecule has 0 saturated carbocycles. The van der Waals surface area contributed by atoms with E-state index in [1.54, 1.807) is 0 Å². The number of hydrogen-bond donors (Lipinski definition) is 3. The molecule has 4 nitrogen and oxygen atoms in total. The Morgan fingerprint density at radius 3 is 2.51 bits per heavy atom. The molecule has 0 spiro atoms. The summed E-state index contributed by atoms with van der Waals surface area (Å²) in [5, 5.41) is 19.3. The highest BCUT2D eigenvalue weighted by molar-refractivity contribution is 7.26. The molecular weight excluding hydrogens is 663 g/mol. The van der Waals surface area contributed by atoms with E-state index in [0.717, 1.165) is 28.4 Å². The van der Waals surface area contributed by atoms with Gasteiger partial charge in [0.25, 0.3) is 0 Å². The second-order valence-electron chi connectivity index (χ2n) is 13.6. The minimum atomic E-state index is -0.108. The molecule has 1 fully saturated rings. The molecule has 51 heavy (non-hydrogen) atoms. The number of hydrogen-bond acceptors (Lipinski definition) is 6. The largest absolute Gasteiger partial charge is 0.447 e. The van der Waals surface area contributed by atoms with Crippen LogP contribution in [0.15, 0.2) is 138 Å². The van der Waals surface area contributed by atoms with Crippen LogP contribution in [0.4, 0.5) is 0 Å². The lowest BCUT2D eigenvalue weighted by molar-refractivity contribution is 0.171. The van der Waals surface area contributed by atoms with Crippen LogP contribution in [-0.2, 0) is 0 Å². The molecule has 4 unspecified atom stereocenters. The smallest absolute Gasteiger partial charge is 0.185 e. The minimum Gasteiger partial charge on any atom is -0.447 e. The fourth-order valence-electron chi connectivity index (χ4n) is 8.18. The summed E-state index contributed by atoms with van der Waals surface area (Å²) in [6, 6.07) is 46.0. The molecule has 1 aliphatic heterocycles. The fraction of sp³-hybridized carbons (Fsp3) is 0.111. The number of nitrogens with one attached hydrogen (secondary N) is 3. The zero-order valence-corrected chi connectivity index (χ0v) is 29.1. The molecule has 6 aromatic carbocycles. The summed E-state index contributed by atoms with van der Waals surface area (Å²) in [6.45, 7) is 0. The molecule has 6 heteroatoms. The number of rotatable bonds is 4. The van der Waals surface area contributed by atoms with Crippen molar-refractivity contribution in [3.63, 3.8) is 0 Å². The standard InChI is InChI=1S/C45H31N3OS2/c1-2-10-26(11-3-1)43-46-44(48-45(47-43)34-16-9-18-37-41(34)33-13-4-6-17-36(33)49-37)28-21-23-39-35(24-28)31-22-20-27(25-40(31)50-39)29-14-8-15-32-30-12-5-7-19-38(30)51-42(29)32/h1-5,7-10,12-16,18-26,43-48H,11H2. The van der Waals surface area contributed by atoms with Crippen LogP contribution in [-0.4, -0.2) is 6.17 Å². The molecule has 0 bridgehead atoms. The number of benzene rings is 5. The van der Waals surface area contributed by atoms with Crippen molar-refractivity contribution in [3.8, 4) is 11.1 Å². The molecule has 11 rings (SSSR count). The Morgan fingerprint density at radius 1 is 0.667 bits per heavy atom. The maximum absolute atomic E-state index is 6.21. The first-order chi connectivity index (χ1) is 25.2. The monoisotopic (exact) mass is 693 g/mol. The van der Waals surface area contributed by atoms with E-state index in [1.807, 2.05) is 34.8 Å². The summed E-state index contributed by atoms with van der Waals surface area (Å²) in [5.41, 5.74) is 6.56. The van der Waals surface area contributed by atoms with Crippen molar-refractivity contribution in [1.82, 2.24) is 16.0 Å². The van der Waals surface area contributed by atoms with Crippen molar-refractivity contribution in [3.05, 3.63) is 157 Å². The zero-order chi connectivity index (χ0) is 33.5. The summed E-state index contributed by atoms with van der Waals surface area (Å²) in [5.74, 6) is 0.319. The normalized spacial score (nSPS) is 20.7. The SMILES string of the molecule is c1ccc2c(c#1)oc1cccc(C3NC(c4ccc5sc6cc(-c7cccc8c7sc7ccccc78)ccc6c5c4)NC(C4C=CC=CC4)N3)c12. The summed E-state index contributed by atoms with van der Waals surface area (Å²) in [7, 11) is 0. The first-order valence-electron chi connectivity index (χ1n) is 17.5. The average Bonchev–Trinajstić information content (AvgIpc) is 3.88. The second kappa shape index (κ2) is 11.6. The number of allylic oxidation sites excluding steroid dienone is 3. The van der Waals surface area contributed by atoms with Gasteiger partial charge in [0, 0.05) is 57.0 Å². The Labute approximate surface area is 302 Å². The first kappa shape index (κ1) is 29.5. The van der Waals surface area contributed by atoms with E-state index in [0.29, 0.717) is 5.92 Å². The molecule has 3 N–H and O–H groups in total. The van der Waals surface area contributed by atoms with Gasteiger partial charge >= 0.3 is 0 Å². The molecule has 0 radical (unpaired) electrons. The Kier molecular flexibility index (Phi) is 6.73. The second-order valence-corrected chi connectivity index (χ2v) is 15.7. The predicted molar refractivity (Wildman–Crippen MR) is 214 cm³/mol. The van der Waals surface area contributed by atoms with E-state index in [-0.39, 0.29) is 18.5 Å². The van der Waals surface area contributed by atoms with E-state index in [4.69, 9.17) is 4.42 Å². The highest BCUT2D eigenvalue weighted by Gasteiger charge is 2.34. The maximum atomic E-state index is 6.21. The predicted octanol–water partition coefficient (Wildman–Crippen LogP) is 11.5. The number of furan rings is 1. The van der Waals surface area contributed by atoms with Crippen LogP contribution in [0, 0.1) is 18.1 Å². The van der Waals surface area contributed by atoms with Crippen molar-refractivity contribution in [2.24, 2.45) is 5.92 Å². The molecule has 244 valence electrons. The van der Waals surface area contributed by atoms with Gasteiger partial charge in [0.2, 0.25) is 0 Å². The van der Waals surface area contributed by atoms with Crippen LogP contribution in [0.25, 0.3) is 73.4 Å². The summed E-state index contributed by atoms with van der Waals surface area (Å²) >= 11 is 3.77. The Hall–Kier alpha value is -5.26. The summed E-state index contributed by atoms with van der Waals surface area (Å²) in [4.78, 5) is 0. The van der Waals surface area contributed by atoms with Crippen LogP contribution >= 0.6 is 22.7 Å². The van der Waals surface area contributed by atoms with Crippen LogP contribution < -0.4 is 16.0 Å². The van der Waals surface area contributed by atoms with E-state index in [1.165, 1.54) is 62.6 Å². The highest BCUT2D eigenvalue weighted by Crippen LogP contribution is 2.43. The van der Waals surface area contributed by atoms with Crippen LogP contribution in [0.1, 0.15) is 29.9 Å². The van der Waals surface area contributed by atoms with E-state index in [9.17, 15) is 0 Å². The number of thiophene rings is 2. The van der Waals surface area contributed by atoms with Crippen molar-refractivity contribution in [2.45, 2.75) is 24.9 Å². The molecule has 0 amide bonds. The summed E-state index contributed by atoms with van der Waals surface area (Å²) in [6.07, 6.45) is 9.74. The Bertz CT molecular complexity index is 2870. The van der Waals surface area contributed by atoms with E-state index >= 15 is 0 Å². The molecule has 2 aliphatic rings. The third-order valence-electron chi connectivity index (χ3n) is 10.6.